The molecule has 1 amide bonds. The number of hydrogen-bond acceptors (Lipinski definition) is 1. The topological polar surface area (TPSA) is 29.1 Å². The molecule has 1 unspecified atom stereocenters. The molecule has 0 aliphatic rings. The van der Waals surface area contributed by atoms with Crippen molar-refractivity contribution in [2.75, 3.05) is 0 Å². The zero-order valence-corrected chi connectivity index (χ0v) is 14.3. The molecular formula is C14H22NOW-. The number of rotatable bonds is 4. The number of aryl methyl sites for hydroxylation is 2. The van der Waals surface area contributed by atoms with Gasteiger partial charge in [0.15, 0.2) is 0 Å². The van der Waals surface area contributed by atoms with Crippen molar-refractivity contribution < 1.29 is 25.9 Å². The molecule has 3 heteroatoms. The van der Waals surface area contributed by atoms with Gasteiger partial charge < -0.3 is 10.1 Å². The molecule has 0 radical (unpaired) electrons. The average molecular weight is 404 g/mol. The van der Waals surface area contributed by atoms with Crippen LogP contribution in [-0.2, 0) is 32.3 Å². The molecular weight excluding hydrogens is 382 g/mol. The third-order valence-electron chi connectivity index (χ3n) is 2.13. The molecule has 17 heavy (non-hydrogen) atoms. The monoisotopic (exact) mass is 404 g/mol. The number of amides is 1. The first-order valence-corrected chi connectivity index (χ1v) is 5.81. The van der Waals surface area contributed by atoms with Crippen molar-refractivity contribution in [3.63, 3.8) is 0 Å². The van der Waals surface area contributed by atoms with Gasteiger partial charge in [-0.05, 0) is 38.8 Å². The van der Waals surface area contributed by atoms with E-state index in [0.29, 0.717) is 0 Å². The Morgan fingerprint density at radius 2 is 1.65 bits per heavy atom. The fourth-order valence-corrected chi connectivity index (χ4v) is 1.69. The molecule has 0 aliphatic heterocycles. The van der Waals surface area contributed by atoms with Gasteiger partial charge in [0.05, 0.1) is 0 Å². The van der Waals surface area contributed by atoms with E-state index in [1.807, 2.05) is 20.8 Å². The van der Waals surface area contributed by atoms with Gasteiger partial charge in [0.2, 0.25) is 0 Å². The van der Waals surface area contributed by atoms with Crippen LogP contribution in [0, 0.1) is 13.8 Å². The van der Waals surface area contributed by atoms with Gasteiger partial charge in [-0.3, -0.25) is 0 Å². The Morgan fingerprint density at radius 1 is 1.18 bits per heavy atom. The minimum absolute atomic E-state index is 0. The van der Waals surface area contributed by atoms with Gasteiger partial charge in [0.25, 0.3) is 0 Å². The van der Waals surface area contributed by atoms with Crippen LogP contribution in [0.2, 0.25) is 0 Å². The van der Waals surface area contributed by atoms with Crippen molar-refractivity contribution in [1.29, 1.82) is 0 Å². The second-order valence-corrected chi connectivity index (χ2v) is 3.85. The standard InChI is InChI=1S/C12H16NO.C2H6.W/c1-9-4-10(2)6-12(5-9)7-11(3)13-8-14;1-2;/h4-6,11H,7H2,1-3H3,(H,13,14);1-2H3;/q-1;;. The first-order chi connectivity index (χ1) is 7.61. The van der Waals surface area contributed by atoms with E-state index in [2.05, 4.69) is 37.4 Å². The van der Waals surface area contributed by atoms with E-state index in [-0.39, 0.29) is 27.1 Å². The molecule has 1 atom stereocenters. The summed E-state index contributed by atoms with van der Waals surface area (Å²) in [5.41, 5.74) is 3.79. The zero-order valence-electron chi connectivity index (χ0n) is 11.3. The summed E-state index contributed by atoms with van der Waals surface area (Å²) in [5, 5.41) is 2.63. The maximum atomic E-state index is 10.1. The maximum Gasteiger partial charge on any atom is 0 e. The van der Waals surface area contributed by atoms with Crippen LogP contribution in [0.25, 0.3) is 0 Å². The predicted molar refractivity (Wildman–Crippen MR) is 69.3 cm³/mol. The number of carbonyl (C=O) groups excluding carboxylic acids is 1. The van der Waals surface area contributed by atoms with Crippen LogP contribution in [0.1, 0.15) is 37.5 Å². The van der Waals surface area contributed by atoms with Crippen LogP contribution in [0.4, 0.5) is 0 Å². The van der Waals surface area contributed by atoms with E-state index in [9.17, 15) is 4.79 Å². The first-order valence-electron chi connectivity index (χ1n) is 5.81. The van der Waals surface area contributed by atoms with Crippen molar-refractivity contribution in [3.8, 4) is 0 Å². The quantitative estimate of drug-likeness (QED) is 0.607. The molecule has 1 aromatic rings. The van der Waals surface area contributed by atoms with Gasteiger partial charge in [0, 0.05) is 21.1 Å². The van der Waals surface area contributed by atoms with Crippen LogP contribution in [-0.4, -0.2) is 12.5 Å². The van der Waals surface area contributed by atoms with Crippen LogP contribution in [0.3, 0.4) is 0 Å². The molecule has 0 bridgehead atoms. The van der Waals surface area contributed by atoms with Crippen molar-refractivity contribution in [1.82, 2.24) is 5.32 Å². The molecule has 0 aliphatic carbocycles. The fraction of sp³-hybridized carbons (Fsp3) is 0.500. The molecule has 0 saturated carbocycles. The van der Waals surface area contributed by atoms with E-state index >= 15 is 0 Å². The molecule has 1 aromatic carbocycles. The summed E-state index contributed by atoms with van der Waals surface area (Å²) in [7, 11) is 0. The zero-order chi connectivity index (χ0) is 12.6. The molecule has 0 spiro atoms. The average Bonchev–Trinajstić information content (AvgIpc) is 2.19. The molecule has 0 fully saturated rings. The third-order valence-corrected chi connectivity index (χ3v) is 2.13. The smallest absolute Gasteiger partial charge is 0 e. The summed E-state index contributed by atoms with van der Waals surface area (Å²) in [4.78, 5) is 10.1. The van der Waals surface area contributed by atoms with Crippen LogP contribution < -0.4 is 5.32 Å². The van der Waals surface area contributed by atoms with Crippen molar-refractivity contribution >= 4 is 6.41 Å². The Morgan fingerprint density at radius 3 is 2.06 bits per heavy atom. The first kappa shape index (κ1) is 18.7. The van der Waals surface area contributed by atoms with E-state index < -0.39 is 0 Å². The van der Waals surface area contributed by atoms with Crippen LogP contribution >= 0.6 is 0 Å². The molecule has 1 N–H and O–H groups in total. The molecule has 0 heterocycles. The SMILES string of the molecule is CC.Cc1cc(C)cc(CC(C)N[C-]=O)c1.[W]. The van der Waals surface area contributed by atoms with Gasteiger partial charge >= 0.3 is 0 Å². The minimum atomic E-state index is 0. The summed E-state index contributed by atoms with van der Waals surface area (Å²) >= 11 is 0. The summed E-state index contributed by atoms with van der Waals surface area (Å²) < 4.78 is 0. The van der Waals surface area contributed by atoms with Gasteiger partial charge in [0.1, 0.15) is 0 Å². The second kappa shape index (κ2) is 10.5. The van der Waals surface area contributed by atoms with Crippen LogP contribution in [0.15, 0.2) is 18.2 Å². The molecule has 96 valence electrons. The summed E-state index contributed by atoms with van der Waals surface area (Å²) in [6.45, 7) is 10.1. The normalized spacial score (nSPS) is 10.4. The summed E-state index contributed by atoms with van der Waals surface area (Å²) in [5.74, 6) is 0. The van der Waals surface area contributed by atoms with E-state index in [1.165, 1.54) is 16.7 Å². The number of hydrogen-bond donors (Lipinski definition) is 1. The van der Waals surface area contributed by atoms with Gasteiger partial charge in [-0.1, -0.05) is 43.2 Å². The van der Waals surface area contributed by atoms with E-state index in [1.54, 1.807) is 6.41 Å². The Bertz CT molecular complexity index is 306. The van der Waals surface area contributed by atoms with Gasteiger partial charge in [-0.2, -0.15) is 6.41 Å². The minimum Gasteiger partial charge on any atom is -0.527 e. The Balaban J connectivity index is 0. The fourth-order valence-electron chi connectivity index (χ4n) is 1.69. The van der Waals surface area contributed by atoms with Gasteiger partial charge in [-0.25, -0.2) is 0 Å². The molecule has 0 saturated heterocycles. The summed E-state index contributed by atoms with van der Waals surface area (Å²) in [6.07, 6.45) is 2.58. The predicted octanol–water partition coefficient (Wildman–Crippen LogP) is 2.91. The summed E-state index contributed by atoms with van der Waals surface area (Å²) in [6, 6.07) is 6.59. The largest absolute Gasteiger partial charge is 0.527 e. The third kappa shape index (κ3) is 8.15. The molecule has 0 aromatic heterocycles. The molecule has 2 nitrogen and oxygen atoms in total. The van der Waals surface area contributed by atoms with Gasteiger partial charge in [-0.15, -0.1) is 0 Å². The maximum absolute atomic E-state index is 10.1. The molecule has 1 rings (SSSR count). The van der Waals surface area contributed by atoms with E-state index in [4.69, 9.17) is 0 Å². The number of benzene rings is 1. The van der Waals surface area contributed by atoms with E-state index in [0.717, 1.165) is 6.42 Å². The van der Waals surface area contributed by atoms with Crippen molar-refractivity contribution in [2.24, 2.45) is 0 Å². The number of nitrogens with one attached hydrogen (secondary N) is 1. The Kier molecular flexibility index (Phi) is 11.6. The second-order valence-electron chi connectivity index (χ2n) is 3.85. The van der Waals surface area contributed by atoms with Crippen molar-refractivity contribution in [3.05, 3.63) is 34.9 Å². The van der Waals surface area contributed by atoms with Crippen LogP contribution in [0.5, 0.6) is 0 Å². The Hall–Kier alpha value is -0.622. The Labute approximate surface area is 119 Å². The van der Waals surface area contributed by atoms with Crippen molar-refractivity contribution in [2.45, 2.75) is 47.1 Å².